The number of benzene rings is 2. The van der Waals surface area contributed by atoms with Crippen molar-refractivity contribution >= 4 is 11.7 Å². The van der Waals surface area contributed by atoms with Crippen LogP contribution in [0.5, 0.6) is 0 Å². The first-order valence-electron chi connectivity index (χ1n) is 11.1. The zero-order valence-electron chi connectivity index (χ0n) is 18.3. The van der Waals surface area contributed by atoms with Crippen molar-refractivity contribution in [2.45, 2.75) is 32.7 Å². The molecular formula is C25H28N4O3. The second kappa shape index (κ2) is 10.3. The average Bonchev–Trinajstić information content (AvgIpc) is 3.31. The number of ketones is 1. The van der Waals surface area contributed by atoms with Gasteiger partial charge in [0, 0.05) is 24.2 Å². The quantitative estimate of drug-likeness (QED) is 0.542. The Labute approximate surface area is 187 Å². The van der Waals surface area contributed by atoms with Crippen LogP contribution < -0.4 is 5.32 Å². The molecule has 2 heterocycles. The molecule has 3 aromatic rings. The molecule has 1 fully saturated rings. The Hall–Kier alpha value is -3.32. The highest BCUT2D eigenvalue weighted by Crippen LogP contribution is 2.22. The first kappa shape index (κ1) is 21.9. The molecule has 1 aromatic heterocycles. The maximum Gasteiger partial charge on any atom is 0.292 e. The van der Waals surface area contributed by atoms with E-state index in [1.807, 2.05) is 6.07 Å². The third-order valence-electron chi connectivity index (χ3n) is 5.96. The number of carbonyl (C=O) groups excluding carboxylic acids is 2. The van der Waals surface area contributed by atoms with E-state index >= 15 is 0 Å². The third kappa shape index (κ3) is 5.68. The summed E-state index contributed by atoms with van der Waals surface area (Å²) in [7, 11) is 0. The molecule has 0 unspecified atom stereocenters. The average molecular weight is 433 g/mol. The number of carbonyl (C=O) groups is 2. The van der Waals surface area contributed by atoms with Crippen molar-refractivity contribution < 1.29 is 14.1 Å². The predicted molar refractivity (Wildman–Crippen MR) is 121 cm³/mol. The van der Waals surface area contributed by atoms with Crippen LogP contribution in [0.1, 0.15) is 52.7 Å². The van der Waals surface area contributed by atoms with Crippen LogP contribution in [-0.2, 0) is 6.54 Å². The molecule has 1 N–H and O–H groups in total. The normalized spacial score (nSPS) is 14.9. The lowest BCUT2D eigenvalue weighted by Crippen LogP contribution is -2.35. The van der Waals surface area contributed by atoms with E-state index in [-0.39, 0.29) is 23.4 Å². The Morgan fingerprint density at radius 1 is 1.06 bits per heavy atom. The van der Waals surface area contributed by atoms with Crippen LogP contribution >= 0.6 is 0 Å². The van der Waals surface area contributed by atoms with Gasteiger partial charge >= 0.3 is 0 Å². The van der Waals surface area contributed by atoms with E-state index in [2.05, 4.69) is 44.6 Å². The molecule has 0 aliphatic carbocycles. The van der Waals surface area contributed by atoms with Crippen LogP contribution in [0.15, 0.2) is 59.1 Å². The van der Waals surface area contributed by atoms with Crippen molar-refractivity contribution in [2.24, 2.45) is 5.92 Å². The Kier molecular flexibility index (Phi) is 7.07. The lowest BCUT2D eigenvalue weighted by molar-refractivity contribution is 0.0933. The molecule has 1 amide bonds. The number of likely N-dealkylation sites (tertiary alicyclic amines) is 1. The second-order valence-electron chi connectivity index (χ2n) is 8.31. The molecule has 2 aromatic carbocycles. The van der Waals surface area contributed by atoms with Crippen molar-refractivity contribution in [1.82, 2.24) is 20.4 Å². The summed E-state index contributed by atoms with van der Waals surface area (Å²) in [6, 6.07) is 17.4. The predicted octanol–water partition coefficient (Wildman–Crippen LogP) is 3.97. The number of hydrogen-bond donors (Lipinski definition) is 1. The lowest BCUT2D eigenvalue weighted by atomic mass is 9.93. The Morgan fingerprint density at radius 2 is 1.78 bits per heavy atom. The minimum Gasteiger partial charge on any atom is -0.349 e. The summed E-state index contributed by atoms with van der Waals surface area (Å²) < 4.78 is 5.22. The van der Waals surface area contributed by atoms with Crippen LogP contribution in [0, 0.1) is 5.92 Å². The SMILES string of the molecule is CC(=O)c1ccc(-c2nc(C(=O)NCCC3CCN(Cc4ccccc4)CC3)no2)cc1. The van der Waals surface area contributed by atoms with Gasteiger partial charge in [0.25, 0.3) is 17.6 Å². The minimum atomic E-state index is -0.332. The molecule has 7 heteroatoms. The second-order valence-corrected chi connectivity index (χ2v) is 8.31. The topological polar surface area (TPSA) is 88.3 Å². The molecule has 0 spiro atoms. The highest BCUT2D eigenvalue weighted by atomic mass is 16.5. The van der Waals surface area contributed by atoms with Gasteiger partial charge in [-0.25, -0.2) is 0 Å². The largest absolute Gasteiger partial charge is 0.349 e. The van der Waals surface area contributed by atoms with Gasteiger partial charge < -0.3 is 9.84 Å². The molecule has 0 atom stereocenters. The molecule has 7 nitrogen and oxygen atoms in total. The smallest absolute Gasteiger partial charge is 0.292 e. The molecule has 1 saturated heterocycles. The summed E-state index contributed by atoms with van der Waals surface area (Å²) in [6.07, 6.45) is 3.23. The Bertz CT molecular complexity index is 1040. The highest BCUT2D eigenvalue weighted by molar-refractivity contribution is 5.94. The van der Waals surface area contributed by atoms with Gasteiger partial charge in [0.1, 0.15) is 0 Å². The first-order valence-corrected chi connectivity index (χ1v) is 11.1. The van der Waals surface area contributed by atoms with Gasteiger partial charge in [-0.2, -0.15) is 4.98 Å². The fourth-order valence-corrected chi connectivity index (χ4v) is 4.02. The van der Waals surface area contributed by atoms with E-state index in [4.69, 9.17) is 4.52 Å². The molecule has 166 valence electrons. The zero-order chi connectivity index (χ0) is 22.3. The number of rotatable bonds is 8. The van der Waals surface area contributed by atoms with Crippen LogP contribution in [0.2, 0.25) is 0 Å². The van der Waals surface area contributed by atoms with E-state index < -0.39 is 0 Å². The summed E-state index contributed by atoms with van der Waals surface area (Å²) >= 11 is 0. The van der Waals surface area contributed by atoms with Gasteiger partial charge in [-0.15, -0.1) is 0 Å². The number of piperidine rings is 1. The molecule has 1 aliphatic rings. The summed E-state index contributed by atoms with van der Waals surface area (Å²) in [5.74, 6) is 0.554. The van der Waals surface area contributed by atoms with E-state index in [9.17, 15) is 9.59 Å². The molecular weight excluding hydrogens is 404 g/mol. The van der Waals surface area contributed by atoms with Gasteiger partial charge in [0.05, 0.1) is 0 Å². The summed E-state index contributed by atoms with van der Waals surface area (Å²) in [4.78, 5) is 30.4. The molecule has 4 rings (SSSR count). The number of hydrogen-bond acceptors (Lipinski definition) is 6. The standard InChI is InChI=1S/C25H28N4O3/c1-18(30)21-7-9-22(10-8-21)25-27-23(28-32-25)24(31)26-14-11-19-12-15-29(16-13-19)17-20-5-3-2-4-6-20/h2-10,19H,11-17H2,1H3,(H,26,31). The van der Waals surface area contributed by atoms with Crippen LogP contribution in [-0.4, -0.2) is 46.4 Å². The summed E-state index contributed by atoms with van der Waals surface area (Å²) in [5.41, 5.74) is 2.63. The lowest BCUT2D eigenvalue weighted by Gasteiger charge is -2.32. The van der Waals surface area contributed by atoms with Crippen LogP contribution in [0.25, 0.3) is 11.5 Å². The molecule has 0 radical (unpaired) electrons. The van der Waals surface area contributed by atoms with Gasteiger partial charge in [-0.05, 0) is 62.9 Å². The number of amides is 1. The molecule has 1 aliphatic heterocycles. The van der Waals surface area contributed by atoms with E-state index in [0.29, 0.717) is 23.6 Å². The van der Waals surface area contributed by atoms with Gasteiger partial charge in [-0.1, -0.05) is 47.6 Å². The monoisotopic (exact) mass is 432 g/mol. The highest BCUT2D eigenvalue weighted by Gasteiger charge is 2.20. The summed E-state index contributed by atoms with van der Waals surface area (Å²) in [6.45, 7) is 5.29. The van der Waals surface area contributed by atoms with E-state index in [1.165, 1.54) is 12.5 Å². The van der Waals surface area contributed by atoms with Gasteiger partial charge in [-0.3, -0.25) is 14.5 Å². The number of nitrogens with zero attached hydrogens (tertiary/aromatic N) is 3. The van der Waals surface area contributed by atoms with E-state index in [1.54, 1.807) is 24.3 Å². The molecule has 0 saturated carbocycles. The van der Waals surface area contributed by atoms with Crippen molar-refractivity contribution in [1.29, 1.82) is 0 Å². The number of aromatic nitrogens is 2. The maximum atomic E-state index is 12.4. The Balaban J connectivity index is 1.20. The minimum absolute atomic E-state index is 0.0102. The van der Waals surface area contributed by atoms with Crippen LogP contribution in [0.3, 0.4) is 0 Å². The van der Waals surface area contributed by atoms with E-state index in [0.717, 1.165) is 38.9 Å². The number of Topliss-reactive ketones (excluding diaryl/α,β-unsaturated/α-hetero) is 1. The number of nitrogens with one attached hydrogen (secondary N) is 1. The fourth-order valence-electron chi connectivity index (χ4n) is 4.02. The molecule has 32 heavy (non-hydrogen) atoms. The van der Waals surface area contributed by atoms with Crippen molar-refractivity contribution in [3.8, 4) is 11.5 Å². The summed E-state index contributed by atoms with van der Waals surface area (Å²) in [5, 5.41) is 6.70. The zero-order valence-corrected chi connectivity index (χ0v) is 18.3. The Morgan fingerprint density at radius 3 is 2.47 bits per heavy atom. The van der Waals surface area contributed by atoms with Gasteiger partial charge in [0.2, 0.25) is 0 Å². The first-order chi connectivity index (χ1) is 15.6. The van der Waals surface area contributed by atoms with Crippen LogP contribution in [0.4, 0.5) is 0 Å². The van der Waals surface area contributed by atoms with Crippen molar-refractivity contribution in [3.63, 3.8) is 0 Å². The fraction of sp³-hybridized carbons (Fsp3) is 0.360. The van der Waals surface area contributed by atoms with Gasteiger partial charge in [0.15, 0.2) is 5.78 Å². The third-order valence-corrected chi connectivity index (χ3v) is 5.96. The van der Waals surface area contributed by atoms with Crippen molar-refractivity contribution in [2.75, 3.05) is 19.6 Å². The van der Waals surface area contributed by atoms with Crippen molar-refractivity contribution in [3.05, 3.63) is 71.5 Å². The molecule has 0 bridgehead atoms. The maximum absolute atomic E-state index is 12.4.